The lowest BCUT2D eigenvalue weighted by atomic mass is 10.2. The molecule has 130 valence electrons. The van der Waals surface area contributed by atoms with Crippen LogP contribution < -0.4 is 10.5 Å². The van der Waals surface area contributed by atoms with E-state index in [1.807, 2.05) is 24.3 Å². The van der Waals surface area contributed by atoms with Gasteiger partial charge in [0.2, 0.25) is 5.91 Å². The van der Waals surface area contributed by atoms with E-state index >= 15 is 0 Å². The van der Waals surface area contributed by atoms with Crippen molar-refractivity contribution in [1.29, 1.82) is 0 Å². The molecule has 0 aromatic heterocycles. The average Bonchev–Trinajstić information content (AvgIpc) is 2.85. The van der Waals surface area contributed by atoms with Gasteiger partial charge in [-0.2, -0.15) is 0 Å². The summed E-state index contributed by atoms with van der Waals surface area (Å²) >= 11 is 0. The van der Waals surface area contributed by atoms with Gasteiger partial charge < -0.3 is 20.3 Å². The van der Waals surface area contributed by atoms with Gasteiger partial charge in [0.15, 0.2) is 0 Å². The highest BCUT2D eigenvalue weighted by atomic mass is 16.5. The SMILES string of the molecule is CCCOc1ccc(/C=C\C(=O)N2CCCN(C(N)=O)CC2)cc1. The zero-order valence-electron chi connectivity index (χ0n) is 14.1. The van der Waals surface area contributed by atoms with E-state index in [1.54, 1.807) is 22.0 Å². The van der Waals surface area contributed by atoms with Gasteiger partial charge in [-0.3, -0.25) is 4.79 Å². The van der Waals surface area contributed by atoms with E-state index in [-0.39, 0.29) is 5.91 Å². The summed E-state index contributed by atoms with van der Waals surface area (Å²) in [6.07, 6.45) is 5.08. The normalized spacial score (nSPS) is 15.4. The Hall–Kier alpha value is -2.50. The predicted molar refractivity (Wildman–Crippen MR) is 93.6 cm³/mol. The molecular weight excluding hydrogens is 306 g/mol. The van der Waals surface area contributed by atoms with Gasteiger partial charge in [0, 0.05) is 32.3 Å². The zero-order valence-corrected chi connectivity index (χ0v) is 14.1. The molecule has 0 spiro atoms. The molecule has 1 aromatic rings. The van der Waals surface area contributed by atoms with Crippen LogP contribution in [0.1, 0.15) is 25.3 Å². The molecule has 1 aliphatic heterocycles. The highest BCUT2D eigenvalue weighted by molar-refractivity contribution is 5.91. The number of amides is 3. The summed E-state index contributed by atoms with van der Waals surface area (Å²) < 4.78 is 5.53. The Morgan fingerprint density at radius 3 is 2.46 bits per heavy atom. The lowest BCUT2D eigenvalue weighted by molar-refractivity contribution is -0.125. The molecule has 3 amide bonds. The summed E-state index contributed by atoms with van der Waals surface area (Å²) in [4.78, 5) is 26.8. The Morgan fingerprint density at radius 1 is 1.12 bits per heavy atom. The summed E-state index contributed by atoms with van der Waals surface area (Å²) in [5, 5.41) is 0. The highest BCUT2D eigenvalue weighted by Gasteiger charge is 2.19. The van der Waals surface area contributed by atoms with Crippen molar-refractivity contribution in [2.45, 2.75) is 19.8 Å². The molecule has 1 saturated heterocycles. The standard InChI is InChI=1S/C18H25N3O3/c1-2-14-24-16-7-4-15(5-8-16)6-9-17(22)20-10-3-11-21(13-12-20)18(19)23/h4-9H,2-3,10-14H2,1H3,(H2,19,23)/b9-6-. The fourth-order valence-corrected chi connectivity index (χ4v) is 2.53. The van der Waals surface area contributed by atoms with Crippen LogP contribution in [0.15, 0.2) is 30.3 Å². The first-order valence-electron chi connectivity index (χ1n) is 8.34. The quantitative estimate of drug-likeness (QED) is 0.840. The Bertz CT molecular complexity index is 584. The van der Waals surface area contributed by atoms with Gasteiger partial charge in [-0.1, -0.05) is 19.1 Å². The molecule has 1 fully saturated rings. The topological polar surface area (TPSA) is 75.9 Å². The van der Waals surface area contributed by atoms with E-state index in [4.69, 9.17) is 10.5 Å². The van der Waals surface area contributed by atoms with Crippen molar-refractivity contribution in [3.05, 3.63) is 35.9 Å². The van der Waals surface area contributed by atoms with Gasteiger partial charge in [-0.15, -0.1) is 0 Å². The van der Waals surface area contributed by atoms with Gasteiger partial charge in [-0.25, -0.2) is 4.79 Å². The number of primary amides is 1. The number of carbonyl (C=O) groups excluding carboxylic acids is 2. The second-order valence-electron chi connectivity index (χ2n) is 5.75. The smallest absolute Gasteiger partial charge is 0.314 e. The van der Waals surface area contributed by atoms with Crippen LogP contribution >= 0.6 is 0 Å². The van der Waals surface area contributed by atoms with E-state index in [0.29, 0.717) is 32.8 Å². The van der Waals surface area contributed by atoms with Crippen LogP contribution in [-0.2, 0) is 4.79 Å². The van der Waals surface area contributed by atoms with Crippen LogP contribution in [0.25, 0.3) is 6.08 Å². The predicted octanol–water partition coefficient (Wildman–Crippen LogP) is 2.10. The van der Waals surface area contributed by atoms with Gasteiger partial charge in [0.1, 0.15) is 5.75 Å². The molecule has 0 radical (unpaired) electrons. The molecule has 1 aromatic carbocycles. The second-order valence-corrected chi connectivity index (χ2v) is 5.75. The molecule has 0 atom stereocenters. The van der Waals surface area contributed by atoms with Gasteiger partial charge in [0.25, 0.3) is 0 Å². The van der Waals surface area contributed by atoms with Gasteiger partial charge in [-0.05, 0) is 36.6 Å². The van der Waals surface area contributed by atoms with E-state index < -0.39 is 6.03 Å². The minimum absolute atomic E-state index is 0.0485. The molecule has 1 heterocycles. The van der Waals surface area contributed by atoms with Crippen LogP contribution in [0, 0.1) is 0 Å². The molecular formula is C18H25N3O3. The lowest BCUT2D eigenvalue weighted by Gasteiger charge is -2.19. The Balaban J connectivity index is 1.89. The minimum atomic E-state index is -0.426. The van der Waals surface area contributed by atoms with E-state index in [0.717, 1.165) is 24.2 Å². The maximum Gasteiger partial charge on any atom is 0.314 e. The van der Waals surface area contributed by atoms with Crippen molar-refractivity contribution in [3.63, 3.8) is 0 Å². The zero-order chi connectivity index (χ0) is 17.4. The van der Waals surface area contributed by atoms with Crippen molar-refractivity contribution in [3.8, 4) is 5.75 Å². The molecule has 6 nitrogen and oxygen atoms in total. The number of carbonyl (C=O) groups is 2. The molecule has 0 saturated carbocycles. The molecule has 0 aliphatic carbocycles. The van der Waals surface area contributed by atoms with Crippen LogP contribution in [0.3, 0.4) is 0 Å². The van der Waals surface area contributed by atoms with Crippen molar-refractivity contribution in [2.75, 3.05) is 32.8 Å². The summed E-state index contributed by atoms with van der Waals surface area (Å²) in [7, 11) is 0. The summed E-state index contributed by atoms with van der Waals surface area (Å²) in [5.74, 6) is 0.784. The van der Waals surface area contributed by atoms with E-state index in [2.05, 4.69) is 6.92 Å². The van der Waals surface area contributed by atoms with Crippen LogP contribution in [-0.4, -0.2) is 54.5 Å². The molecule has 0 bridgehead atoms. The second kappa shape index (κ2) is 8.96. The first-order valence-corrected chi connectivity index (χ1v) is 8.34. The molecule has 0 unspecified atom stereocenters. The Labute approximate surface area is 142 Å². The Kier molecular flexibility index (Phi) is 6.66. The van der Waals surface area contributed by atoms with Crippen LogP contribution in [0.5, 0.6) is 5.75 Å². The number of hydrogen-bond donors (Lipinski definition) is 1. The minimum Gasteiger partial charge on any atom is -0.494 e. The van der Waals surface area contributed by atoms with Crippen molar-refractivity contribution in [2.24, 2.45) is 5.73 Å². The first kappa shape index (κ1) is 17.8. The number of nitrogens with two attached hydrogens (primary N) is 1. The largest absolute Gasteiger partial charge is 0.494 e. The number of ether oxygens (including phenoxy) is 1. The first-order chi connectivity index (χ1) is 11.6. The van der Waals surface area contributed by atoms with E-state index in [1.165, 1.54) is 0 Å². The number of benzene rings is 1. The molecule has 6 heteroatoms. The lowest BCUT2D eigenvalue weighted by Crippen LogP contribution is -2.39. The van der Waals surface area contributed by atoms with Gasteiger partial charge >= 0.3 is 6.03 Å². The maximum absolute atomic E-state index is 12.3. The highest BCUT2D eigenvalue weighted by Crippen LogP contribution is 2.14. The molecule has 2 rings (SSSR count). The summed E-state index contributed by atoms with van der Waals surface area (Å²) in [5.41, 5.74) is 6.24. The fourth-order valence-electron chi connectivity index (χ4n) is 2.53. The van der Waals surface area contributed by atoms with Gasteiger partial charge in [0.05, 0.1) is 6.61 Å². The third-order valence-corrected chi connectivity index (χ3v) is 3.89. The third-order valence-electron chi connectivity index (χ3n) is 3.89. The van der Waals surface area contributed by atoms with Crippen molar-refractivity contribution in [1.82, 2.24) is 9.80 Å². The van der Waals surface area contributed by atoms with Crippen LogP contribution in [0.4, 0.5) is 4.79 Å². The number of hydrogen-bond acceptors (Lipinski definition) is 3. The van der Waals surface area contributed by atoms with E-state index in [9.17, 15) is 9.59 Å². The summed E-state index contributed by atoms with van der Waals surface area (Å²) in [6.45, 7) is 4.99. The summed E-state index contributed by atoms with van der Waals surface area (Å²) in [6, 6.07) is 7.22. The average molecular weight is 331 g/mol. The van der Waals surface area contributed by atoms with Crippen LogP contribution in [0.2, 0.25) is 0 Å². The van der Waals surface area contributed by atoms with Crippen molar-refractivity contribution < 1.29 is 14.3 Å². The monoisotopic (exact) mass is 331 g/mol. The number of urea groups is 1. The maximum atomic E-state index is 12.3. The fraction of sp³-hybridized carbons (Fsp3) is 0.444. The molecule has 1 aliphatic rings. The number of rotatable bonds is 5. The number of nitrogens with zero attached hydrogens (tertiary/aromatic N) is 2. The molecule has 2 N–H and O–H groups in total. The Morgan fingerprint density at radius 2 is 1.79 bits per heavy atom. The third kappa shape index (κ3) is 5.30. The molecule has 24 heavy (non-hydrogen) atoms. The van der Waals surface area contributed by atoms with Crippen molar-refractivity contribution >= 4 is 18.0 Å².